The molecule has 0 heterocycles. The van der Waals surface area contributed by atoms with Gasteiger partial charge in [0.15, 0.2) is 0 Å². The number of benzene rings is 1. The van der Waals surface area contributed by atoms with E-state index in [4.69, 9.17) is 10.6 Å². The number of rotatable bonds is 4. The van der Waals surface area contributed by atoms with Crippen molar-refractivity contribution in [3.63, 3.8) is 0 Å². The van der Waals surface area contributed by atoms with E-state index in [1.54, 1.807) is 7.05 Å². The molecule has 0 aliphatic rings. The van der Waals surface area contributed by atoms with Crippen LogP contribution in [0.25, 0.3) is 0 Å². The molecule has 0 spiro atoms. The van der Waals surface area contributed by atoms with Crippen molar-refractivity contribution in [1.29, 1.82) is 0 Å². The zero-order valence-corrected chi connectivity index (χ0v) is 8.14. The minimum Gasteiger partial charge on any atom is -0.322 e. The SMILES string of the molecule is CN(OCc1ccccc1)C(=O)CN. The minimum absolute atomic E-state index is 0.0364. The second kappa shape index (κ2) is 5.36. The van der Waals surface area contributed by atoms with Gasteiger partial charge in [-0.15, -0.1) is 0 Å². The van der Waals surface area contributed by atoms with Crippen LogP contribution in [-0.2, 0) is 16.2 Å². The topological polar surface area (TPSA) is 55.6 Å². The van der Waals surface area contributed by atoms with Gasteiger partial charge in [0.25, 0.3) is 5.91 Å². The molecule has 0 saturated carbocycles. The van der Waals surface area contributed by atoms with E-state index < -0.39 is 0 Å². The molecule has 0 saturated heterocycles. The summed E-state index contributed by atoms with van der Waals surface area (Å²) in [5.74, 6) is -0.235. The lowest BCUT2D eigenvalue weighted by atomic mass is 10.2. The van der Waals surface area contributed by atoms with Crippen LogP contribution in [0.1, 0.15) is 5.56 Å². The Labute approximate surface area is 83.2 Å². The highest BCUT2D eigenvalue weighted by atomic mass is 16.7. The molecule has 4 heteroatoms. The monoisotopic (exact) mass is 194 g/mol. The smallest absolute Gasteiger partial charge is 0.259 e. The van der Waals surface area contributed by atoms with Gasteiger partial charge < -0.3 is 5.73 Å². The van der Waals surface area contributed by atoms with Crippen molar-refractivity contribution in [3.05, 3.63) is 35.9 Å². The summed E-state index contributed by atoms with van der Waals surface area (Å²) < 4.78 is 0. The van der Waals surface area contributed by atoms with Crippen molar-refractivity contribution in [2.75, 3.05) is 13.6 Å². The number of hydrogen-bond donors (Lipinski definition) is 1. The molecule has 1 amide bonds. The molecule has 0 aliphatic heterocycles. The summed E-state index contributed by atoms with van der Waals surface area (Å²) in [7, 11) is 1.55. The Balaban J connectivity index is 2.38. The number of nitrogens with two attached hydrogens (primary N) is 1. The fraction of sp³-hybridized carbons (Fsp3) is 0.300. The number of hydrogen-bond acceptors (Lipinski definition) is 3. The first-order valence-corrected chi connectivity index (χ1v) is 4.37. The molecule has 0 aromatic heterocycles. The third-order valence-electron chi connectivity index (χ3n) is 1.79. The molecule has 0 bridgehead atoms. The molecule has 1 aromatic rings. The molecule has 0 atom stereocenters. The Morgan fingerprint density at radius 1 is 1.43 bits per heavy atom. The fourth-order valence-electron chi connectivity index (χ4n) is 0.946. The van der Waals surface area contributed by atoms with Crippen molar-refractivity contribution < 1.29 is 9.63 Å². The average Bonchev–Trinajstić information content (AvgIpc) is 2.26. The first-order valence-electron chi connectivity index (χ1n) is 4.37. The highest BCUT2D eigenvalue weighted by Gasteiger charge is 2.05. The molecule has 0 radical (unpaired) electrons. The predicted molar refractivity (Wildman–Crippen MR) is 53.1 cm³/mol. The molecule has 0 aliphatic carbocycles. The zero-order chi connectivity index (χ0) is 10.4. The molecule has 4 nitrogen and oxygen atoms in total. The predicted octanol–water partition coefficient (Wildman–Crippen LogP) is 0.535. The maximum atomic E-state index is 11.0. The van der Waals surface area contributed by atoms with Crippen LogP contribution in [0.15, 0.2) is 30.3 Å². The van der Waals surface area contributed by atoms with Crippen LogP contribution < -0.4 is 5.73 Å². The van der Waals surface area contributed by atoms with Gasteiger partial charge in [-0.3, -0.25) is 9.63 Å². The van der Waals surface area contributed by atoms with E-state index in [-0.39, 0.29) is 12.5 Å². The van der Waals surface area contributed by atoms with Gasteiger partial charge in [0.05, 0.1) is 6.54 Å². The second-order valence-electron chi connectivity index (χ2n) is 2.85. The number of carbonyl (C=O) groups is 1. The minimum atomic E-state index is -0.235. The van der Waals surface area contributed by atoms with Crippen molar-refractivity contribution in [3.8, 4) is 0 Å². The fourth-order valence-corrected chi connectivity index (χ4v) is 0.946. The zero-order valence-electron chi connectivity index (χ0n) is 8.14. The van der Waals surface area contributed by atoms with E-state index >= 15 is 0 Å². The largest absolute Gasteiger partial charge is 0.322 e. The molecule has 1 aromatic carbocycles. The Kier molecular flexibility index (Phi) is 4.10. The Bertz CT molecular complexity index is 287. The standard InChI is InChI=1S/C10H14N2O2/c1-12(10(13)7-11)14-8-9-5-3-2-4-6-9/h2-6H,7-8,11H2,1H3. The molecular weight excluding hydrogens is 180 g/mol. The molecule has 2 N–H and O–H groups in total. The molecule has 1 rings (SSSR count). The summed E-state index contributed by atoms with van der Waals surface area (Å²) in [6.45, 7) is 0.342. The first-order chi connectivity index (χ1) is 6.74. The maximum Gasteiger partial charge on any atom is 0.259 e. The van der Waals surface area contributed by atoms with E-state index in [9.17, 15) is 4.79 Å². The van der Waals surface area contributed by atoms with Crippen LogP contribution in [0.4, 0.5) is 0 Å². The second-order valence-corrected chi connectivity index (χ2v) is 2.85. The van der Waals surface area contributed by atoms with Gasteiger partial charge in [-0.1, -0.05) is 30.3 Å². The van der Waals surface area contributed by atoms with Crippen LogP contribution in [0.2, 0.25) is 0 Å². The highest BCUT2D eigenvalue weighted by molar-refractivity contribution is 5.76. The normalized spacial score (nSPS) is 9.86. The van der Waals surface area contributed by atoms with Gasteiger partial charge in [0.1, 0.15) is 6.61 Å². The molecule has 14 heavy (non-hydrogen) atoms. The number of nitrogens with zero attached hydrogens (tertiary/aromatic N) is 1. The van der Waals surface area contributed by atoms with Gasteiger partial charge >= 0.3 is 0 Å². The summed E-state index contributed by atoms with van der Waals surface area (Å²) in [4.78, 5) is 16.2. The summed E-state index contributed by atoms with van der Waals surface area (Å²) in [6, 6.07) is 9.63. The van der Waals surface area contributed by atoms with Gasteiger partial charge in [-0.25, -0.2) is 5.06 Å². The van der Waals surface area contributed by atoms with Crippen molar-refractivity contribution in [2.45, 2.75) is 6.61 Å². The number of amides is 1. The lowest BCUT2D eigenvalue weighted by Gasteiger charge is -2.15. The number of carbonyl (C=O) groups excluding carboxylic acids is 1. The van der Waals surface area contributed by atoms with Crippen molar-refractivity contribution in [2.24, 2.45) is 5.73 Å². The lowest BCUT2D eigenvalue weighted by molar-refractivity contribution is -0.181. The third-order valence-corrected chi connectivity index (χ3v) is 1.79. The van der Waals surface area contributed by atoms with Gasteiger partial charge in [0.2, 0.25) is 0 Å². The first kappa shape index (κ1) is 10.7. The average molecular weight is 194 g/mol. The van der Waals surface area contributed by atoms with Crippen LogP contribution >= 0.6 is 0 Å². The summed E-state index contributed by atoms with van der Waals surface area (Å²) >= 11 is 0. The summed E-state index contributed by atoms with van der Waals surface area (Å²) in [5.41, 5.74) is 6.19. The van der Waals surface area contributed by atoms with E-state index in [2.05, 4.69) is 0 Å². The number of hydroxylamine groups is 2. The maximum absolute atomic E-state index is 11.0. The summed E-state index contributed by atoms with van der Waals surface area (Å²) in [6.07, 6.45) is 0. The van der Waals surface area contributed by atoms with E-state index in [1.807, 2.05) is 30.3 Å². The molecule has 0 unspecified atom stereocenters. The summed E-state index contributed by atoms with van der Waals surface area (Å²) in [5, 5.41) is 1.16. The van der Waals surface area contributed by atoms with Gasteiger partial charge in [-0.2, -0.15) is 0 Å². The Morgan fingerprint density at radius 3 is 2.64 bits per heavy atom. The Hall–Kier alpha value is -1.39. The highest BCUT2D eigenvalue weighted by Crippen LogP contribution is 2.01. The van der Waals surface area contributed by atoms with Crippen molar-refractivity contribution in [1.82, 2.24) is 5.06 Å². The van der Waals surface area contributed by atoms with Gasteiger partial charge in [0, 0.05) is 7.05 Å². The van der Waals surface area contributed by atoms with Crippen LogP contribution in [-0.4, -0.2) is 24.6 Å². The molecule has 76 valence electrons. The number of likely N-dealkylation sites (N-methyl/N-ethyl adjacent to an activating group) is 1. The van der Waals surface area contributed by atoms with Crippen LogP contribution in [0.5, 0.6) is 0 Å². The van der Waals surface area contributed by atoms with Crippen LogP contribution in [0, 0.1) is 0 Å². The molecular formula is C10H14N2O2. The van der Waals surface area contributed by atoms with E-state index in [1.165, 1.54) is 0 Å². The van der Waals surface area contributed by atoms with Crippen molar-refractivity contribution >= 4 is 5.91 Å². The van der Waals surface area contributed by atoms with Crippen LogP contribution in [0.3, 0.4) is 0 Å². The van der Waals surface area contributed by atoms with E-state index in [0.29, 0.717) is 6.61 Å². The van der Waals surface area contributed by atoms with Gasteiger partial charge in [-0.05, 0) is 5.56 Å². The quantitative estimate of drug-likeness (QED) is 0.711. The third kappa shape index (κ3) is 3.16. The molecule has 0 fully saturated rings. The lowest BCUT2D eigenvalue weighted by Crippen LogP contribution is -2.32. The van der Waals surface area contributed by atoms with E-state index in [0.717, 1.165) is 10.6 Å². The Morgan fingerprint density at radius 2 is 2.07 bits per heavy atom.